The summed E-state index contributed by atoms with van der Waals surface area (Å²) in [5.74, 6) is 1.44. The minimum atomic E-state index is -0.757. The molecule has 0 aliphatic carbocycles. The van der Waals surface area contributed by atoms with Crippen LogP contribution in [0, 0.1) is 6.92 Å². The molecular weight excluding hydrogens is 286 g/mol. The number of aryl methyl sites for hydroxylation is 1. The van der Waals surface area contributed by atoms with Gasteiger partial charge in [-0.25, -0.2) is 0 Å². The van der Waals surface area contributed by atoms with Crippen molar-refractivity contribution in [2.75, 3.05) is 18.1 Å². The summed E-state index contributed by atoms with van der Waals surface area (Å²) >= 11 is 1.72. The lowest BCUT2D eigenvalue weighted by molar-refractivity contribution is 0.0610. The molecule has 2 N–H and O–H groups in total. The van der Waals surface area contributed by atoms with Crippen LogP contribution >= 0.6 is 11.8 Å². The first-order valence-corrected chi connectivity index (χ1v) is 8.79. The summed E-state index contributed by atoms with van der Waals surface area (Å²) in [5, 5.41) is 17.5. The van der Waals surface area contributed by atoms with Crippen molar-refractivity contribution in [2.45, 2.75) is 51.7 Å². The SMILES string of the molecule is CCC(CC)n1nc(C(=O)NCC2(O)CCSC2)cc1C. The lowest BCUT2D eigenvalue weighted by atomic mass is 10.0. The van der Waals surface area contributed by atoms with Crippen molar-refractivity contribution in [1.29, 1.82) is 0 Å². The number of thioether (sulfide) groups is 1. The minimum Gasteiger partial charge on any atom is -0.387 e. The van der Waals surface area contributed by atoms with E-state index >= 15 is 0 Å². The second-order valence-electron chi connectivity index (χ2n) is 5.80. The first-order valence-electron chi connectivity index (χ1n) is 7.63. The highest BCUT2D eigenvalue weighted by molar-refractivity contribution is 7.99. The quantitative estimate of drug-likeness (QED) is 0.845. The number of amides is 1. The van der Waals surface area contributed by atoms with E-state index in [4.69, 9.17) is 0 Å². The number of aliphatic hydroxyl groups is 1. The Morgan fingerprint density at radius 2 is 2.29 bits per heavy atom. The summed E-state index contributed by atoms with van der Waals surface area (Å²) in [6.45, 7) is 6.53. The van der Waals surface area contributed by atoms with Crippen molar-refractivity contribution in [3.05, 3.63) is 17.5 Å². The van der Waals surface area contributed by atoms with Gasteiger partial charge < -0.3 is 10.4 Å². The smallest absolute Gasteiger partial charge is 0.271 e. The average Bonchev–Trinajstić information content (AvgIpc) is 3.06. The first-order chi connectivity index (χ1) is 9.99. The zero-order chi connectivity index (χ0) is 15.5. The molecule has 2 heterocycles. The molecule has 5 nitrogen and oxygen atoms in total. The highest BCUT2D eigenvalue weighted by Crippen LogP contribution is 2.27. The monoisotopic (exact) mass is 311 g/mol. The molecule has 0 aromatic carbocycles. The number of nitrogens with one attached hydrogen (secondary N) is 1. The molecule has 2 rings (SSSR count). The number of nitrogens with zero attached hydrogens (tertiary/aromatic N) is 2. The number of hydrogen-bond acceptors (Lipinski definition) is 4. The fourth-order valence-corrected chi connectivity index (χ4v) is 3.97. The Morgan fingerprint density at radius 3 is 2.86 bits per heavy atom. The van der Waals surface area contributed by atoms with Crippen LogP contribution in [0.2, 0.25) is 0 Å². The van der Waals surface area contributed by atoms with Gasteiger partial charge in [-0.1, -0.05) is 13.8 Å². The summed E-state index contributed by atoms with van der Waals surface area (Å²) in [6, 6.07) is 2.16. The van der Waals surface area contributed by atoms with E-state index in [9.17, 15) is 9.90 Å². The Morgan fingerprint density at radius 1 is 1.57 bits per heavy atom. The van der Waals surface area contributed by atoms with Crippen LogP contribution in [-0.4, -0.2) is 44.4 Å². The third-order valence-electron chi connectivity index (χ3n) is 4.10. The molecule has 1 atom stereocenters. The van der Waals surface area contributed by atoms with Gasteiger partial charge in [0, 0.05) is 18.0 Å². The van der Waals surface area contributed by atoms with Crippen LogP contribution in [0.1, 0.15) is 55.3 Å². The van der Waals surface area contributed by atoms with E-state index in [0.717, 1.165) is 30.7 Å². The maximum atomic E-state index is 12.2. The Balaban J connectivity index is 2.01. The second-order valence-corrected chi connectivity index (χ2v) is 6.90. The highest BCUT2D eigenvalue weighted by Gasteiger charge is 2.32. The molecule has 1 amide bonds. The Labute approximate surface area is 130 Å². The van der Waals surface area contributed by atoms with Gasteiger partial charge in [0.2, 0.25) is 0 Å². The zero-order valence-electron chi connectivity index (χ0n) is 13.1. The maximum absolute atomic E-state index is 12.2. The standard InChI is InChI=1S/C15H25N3O2S/c1-4-12(5-2)18-11(3)8-13(17-18)14(19)16-9-15(20)6-7-21-10-15/h8,12,20H,4-7,9-10H2,1-3H3,(H,16,19). The van der Waals surface area contributed by atoms with Crippen molar-refractivity contribution in [3.8, 4) is 0 Å². The number of carbonyl (C=O) groups is 1. The summed E-state index contributed by atoms with van der Waals surface area (Å²) in [7, 11) is 0. The van der Waals surface area contributed by atoms with E-state index in [1.165, 1.54) is 0 Å². The molecule has 6 heteroatoms. The topological polar surface area (TPSA) is 67.2 Å². The van der Waals surface area contributed by atoms with Crippen molar-refractivity contribution < 1.29 is 9.90 Å². The molecule has 1 fully saturated rings. The van der Waals surface area contributed by atoms with E-state index in [1.807, 2.05) is 17.7 Å². The summed E-state index contributed by atoms with van der Waals surface area (Å²) in [5.41, 5.74) is 0.686. The third-order valence-corrected chi connectivity index (χ3v) is 5.34. The van der Waals surface area contributed by atoms with Gasteiger partial charge in [0.25, 0.3) is 5.91 Å². The lowest BCUT2D eigenvalue weighted by Gasteiger charge is -2.21. The second kappa shape index (κ2) is 6.83. The fourth-order valence-electron chi connectivity index (χ4n) is 2.67. The zero-order valence-corrected chi connectivity index (χ0v) is 13.9. The van der Waals surface area contributed by atoms with E-state index in [2.05, 4.69) is 24.3 Å². The molecule has 1 aromatic heterocycles. The largest absolute Gasteiger partial charge is 0.387 e. The maximum Gasteiger partial charge on any atom is 0.271 e. The van der Waals surface area contributed by atoms with Gasteiger partial charge in [0.1, 0.15) is 5.69 Å². The normalized spacial score (nSPS) is 22.0. The molecule has 0 bridgehead atoms. The number of hydrogen-bond donors (Lipinski definition) is 2. The van der Waals surface area contributed by atoms with Crippen LogP contribution in [0.25, 0.3) is 0 Å². The number of aromatic nitrogens is 2. The van der Waals surface area contributed by atoms with E-state index in [1.54, 1.807) is 11.8 Å². The Bertz CT molecular complexity index is 491. The van der Waals surface area contributed by atoms with Crippen LogP contribution in [0.5, 0.6) is 0 Å². The molecule has 118 valence electrons. The van der Waals surface area contributed by atoms with Crippen LogP contribution in [0.15, 0.2) is 6.07 Å². The van der Waals surface area contributed by atoms with E-state index in [0.29, 0.717) is 24.0 Å². The first kappa shape index (κ1) is 16.4. The molecule has 1 unspecified atom stereocenters. The van der Waals surface area contributed by atoms with Crippen LogP contribution in [0.3, 0.4) is 0 Å². The van der Waals surface area contributed by atoms with Gasteiger partial charge >= 0.3 is 0 Å². The van der Waals surface area contributed by atoms with Crippen LogP contribution in [0.4, 0.5) is 0 Å². The predicted octanol–water partition coefficient (Wildman–Crippen LogP) is 2.15. The van der Waals surface area contributed by atoms with Crippen molar-refractivity contribution >= 4 is 17.7 Å². The van der Waals surface area contributed by atoms with Gasteiger partial charge in [-0.15, -0.1) is 0 Å². The van der Waals surface area contributed by atoms with Gasteiger partial charge in [-0.3, -0.25) is 9.48 Å². The molecule has 0 radical (unpaired) electrons. The molecule has 1 aromatic rings. The highest BCUT2D eigenvalue weighted by atomic mass is 32.2. The summed E-state index contributed by atoms with van der Waals surface area (Å²) < 4.78 is 1.94. The van der Waals surface area contributed by atoms with Crippen molar-refractivity contribution in [3.63, 3.8) is 0 Å². The minimum absolute atomic E-state index is 0.201. The molecule has 1 saturated heterocycles. The van der Waals surface area contributed by atoms with Crippen LogP contribution < -0.4 is 5.32 Å². The number of rotatable bonds is 6. The fraction of sp³-hybridized carbons (Fsp3) is 0.733. The molecule has 21 heavy (non-hydrogen) atoms. The lowest BCUT2D eigenvalue weighted by Crippen LogP contribution is -2.43. The van der Waals surface area contributed by atoms with E-state index in [-0.39, 0.29) is 5.91 Å². The van der Waals surface area contributed by atoms with Crippen molar-refractivity contribution in [2.24, 2.45) is 0 Å². The Kier molecular flexibility index (Phi) is 5.32. The Hall–Kier alpha value is -1.01. The summed E-state index contributed by atoms with van der Waals surface area (Å²) in [6.07, 6.45) is 2.73. The third kappa shape index (κ3) is 3.80. The number of carbonyl (C=O) groups excluding carboxylic acids is 1. The predicted molar refractivity (Wildman–Crippen MR) is 85.8 cm³/mol. The van der Waals surface area contributed by atoms with Gasteiger partial charge in [-0.2, -0.15) is 16.9 Å². The average molecular weight is 311 g/mol. The van der Waals surface area contributed by atoms with Crippen molar-refractivity contribution in [1.82, 2.24) is 15.1 Å². The van der Waals surface area contributed by atoms with Gasteiger partial charge in [0.15, 0.2) is 0 Å². The molecule has 0 saturated carbocycles. The van der Waals surface area contributed by atoms with Gasteiger partial charge in [-0.05, 0) is 38.0 Å². The molecule has 0 spiro atoms. The molecule has 1 aliphatic rings. The molecular formula is C15H25N3O2S. The van der Waals surface area contributed by atoms with E-state index < -0.39 is 5.60 Å². The molecule has 1 aliphatic heterocycles. The summed E-state index contributed by atoms with van der Waals surface area (Å²) in [4.78, 5) is 12.2. The van der Waals surface area contributed by atoms with Gasteiger partial charge in [0.05, 0.1) is 11.6 Å². The van der Waals surface area contributed by atoms with Crippen LogP contribution in [-0.2, 0) is 0 Å².